The number of hydrogen-bond acceptors (Lipinski definition) is 3. The SMILES string of the molecule is C#Cc1ccccc1-c1ccc(OC)c(O)c1.c1cc2cc-2n1. The summed E-state index contributed by atoms with van der Waals surface area (Å²) >= 11 is 0. The quantitative estimate of drug-likeness (QED) is 0.567. The van der Waals surface area contributed by atoms with Crippen molar-refractivity contribution in [2.45, 2.75) is 0 Å². The Hall–Kier alpha value is -3.25. The number of aromatic hydroxyl groups is 1. The van der Waals surface area contributed by atoms with Crippen LogP contribution in [0.3, 0.4) is 0 Å². The van der Waals surface area contributed by atoms with E-state index in [4.69, 9.17) is 11.2 Å². The molecule has 3 heteroatoms. The van der Waals surface area contributed by atoms with Gasteiger partial charge in [-0.2, -0.15) is 0 Å². The number of phenols is 1. The number of methoxy groups -OCH3 is 1. The lowest BCUT2D eigenvalue weighted by molar-refractivity contribution is 0.373. The summed E-state index contributed by atoms with van der Waals surface area (Å²) in [5.41, 5.74) is 5.09. The number of fused-ring (bicyclic) bond motifs is 1. The number of nitrogens with zero attached hydrogens (tertiary/aromatic N) is 1. The number of pyridine rings is 1. The molecule has 0 saturated carbocycles. The monoisotopic (exact) mass is 301 g/mol. The maximum absolute atomic E-state index is 9.74. The van der Waals surface area contributed by atoms with E-state index in [0.29, 0.717) is 5.75 Å². The first-order chi connectivity index (χ1) is 11.2. The summed E-state index contributed by atoms with van der Waals surface area (Å²) in [6, 6.07) is 16.9. The predicted octanol–water partition coefficient (Wildman–Crippen LogP) is 4.11. The molecule has 1 aliphatic heterocycles. The highest BCUT2D eigenvalue weighted by Crippen LogP contribution is 2.32. The normalized spacial score (nSPS) is 10.1. The van der Waals surface area contributed by atoms with Gasteiger partial charge in [-0.05, 0) is 41.5 Å². The molecule has 0 fully saturated rings. The second kappa shape index (κ2) is 6.25. The van der Waals surface area contributed by atoms with E-state index in [1.165, 1.54) is 18.4 Å². The molecule has 2 aliphatic rings. The first kappa shape index (κ1) is 14.7. The number of ether oxygens (including phenoxy) is 1. The Balaban J connectivity index is 0.000000213. The van der Waals surface area contributed by atoms with Crippen LogP contribution in [0.4, 0.5) is 0 Å². The summed E-state index contributed by atoms with van der Waals surface area (Å²) in [5, 5.41) is 9.74. The van der Waals surface area contributed by atoms with Crippen LogP contribution in [-0.2, 0) is 0 Å². The summed E-state index contributed by atoms with van der Waals surface area (Å²) < 4.78 is 5.00. The van der Waals surface area contributed by atoms with Gasteiger partial charge in [0.1, 0.15) is 0 Å². The third-order valence-corrected chi connectivity index (χ3v) is 3.54. The average Bonchev–Trinajstić information content (AvgIpc) is 3.20. The van der Waals surface area contributed by atoms with Crippen LogP contribution < -0.4 is 4.74 Å². The van der Waals surface area contributed by atoms with Crippen molar-refractivity contribution in [3.8, 4) is 46.2 Å². The molecule has 0 saturated heterocycles. The molecule has 3 nitrogen and oxygen atoms in total. The fourth-order valence-corrected chi connectivity index (χ4v) is 2.27. The summed E-state index contributed by atoms with van der Waals surface area (Å²) in [4.78, 5) is 3.95. The minimum absolute atomic E-state index is 0.108. The molecule has 0 bridgehead atoms. The van der Waals surface area contributed by atoms with Gasteiger partial charge in [-0.1, -0.05) is 30.2 Å². The van der Waals surface area contributed by atoms with Gasteiger partial charge in [0, 0.05) is 17.3 Å². The fraction of sp³-hybridized carbons (Fsp3) is 0.0500. The smallest absolute Gasteiger partial charge is 0.160 e. The molecule has 23 heavy (non-hydrogen) atoms. The molecule has 0 unspecified atom stereocenters. The van der Waals surface area contributed by atoms with Crippen molar-refractivity contribution in [1.29, 1.82) is 0 Å². The van der Waals surface area contributed by atoms with Gasteiger partial charge in [0.2, 0.25) is 0 Å². The van der Waals surface area contributed by atoms with Crippen LogP contribution >= 0.6 is 0 Å². The van der Waals surface area contributed by atoms with Crippen LogP contribution in [0.1, 0.15) is 5.56 Å². The molecule has 1 N–H and O–H groups in total. The van der Waals surface area contributed by atoms with Gasteiger partial charge in [-0.15, -0.1) is 6.42 Å². The average molecular weight is 301 g/mol. The molecule has 0 aromatic heterocycles. The van der Waals surface area contributed by atoms with E-state index in [1.807, 2.05) is 42.6 Å². The second-order valence-corrected chi connectivity index (χ2v) is 5.01. The van der Waals surface area contributed by atoms with Gasteiger partial charge in [-0.25, -0.2) is 0 Å². The van der Waals surface area contributed by atoms with E-state index in [0.717, 1.165) is 16.7 Å². The molecule has 1 heterocycles. The van der Waals surface area contributed by atoms with Gasteiger partial charge in [0.25, 0.3) is 0 Å². The van der Waals surface area contributed by atoms with Crippen molar-refractivity contribution < 1.29 is 9.84 Å². The van der Waals surface area contributed by atoms with Crippen molar-refractivity contribution in [3.05, 3.63) is 66.4 Å². The van der Waals surface area contributed by atoms with Crippen LogP contribution in [0.5, 0.6) is 11.5 Å². The molecule has 0 amide bonds. The molecule has 0 atom stereocenters. The fourth-order valence-electron chi connectivity index (χ4n) is 2.27. The van der Waals surface area contributed by atoms with E-state index in [1.54, 1.807) is 12.1 Å². The Morgan fingerprint density at radius 1 is 1.04 bits per heavy atom. The van der Waals surface area contributed by atoms with E-state index in [9.17, 15) is 5.11 Å². The Kier molecular flexibility index (Phi) is 3.99. The second-order valence-electron chi connectivity index (χ2n) is 5.01. The Morgan fingerprint density at radius 2 is 1.87 bits per heavy atom. The topological polar surface area (TPSA) is 42.4 Å². The van der Waals surface area contributed by atoms with E-state index < -0.39 is 0 Å². The Bertz CT molecular complexity index is 877. The molecule has 1 aliphatic carbocycles. The predicted molar refractivity (Wildman–Crippen MR) is 91.3 cm³/mol. The van der Waals surface area contributed by atoms with Crippen molar-refractivity contribution >= 4 is 0 Å². The summed E-state index contributed by atoms with van der Waals surface area (Å²) in [6.45, 7) is 0. The van der Waals surface area contributed by atoms with E-state index >= 15 is 0 Å². The first-order valence-electron chi connectivity index (χ1n) is 7.12. The zero-order chi connectivity index (χ0) is 16.2. The highest BCUT2D eigenvalue weighted by Gasteiger charge is 2.09. The minimum Gasteiger partial charge on any atom is -0.504 e. The maximum atomic E-state index is 9.74. The van der Waals surface area contributed by atoms with Gasteiger partial charge in [0.15, 0.2) is 11.5 Å². The third-order valence-electron chi connectivity index (χ3n) is 3.54. The van der Waals surface area contributed by atoms with Gasteiger partial charge in [0.05, 0.1) is 12.8 Å². The minimum atomic E-state index is 0.108. The van der Waals surface area contributed by atoms with Gasteiger partial charge < -0.3 is 9.84 Å². The lowest BCUT2D eigenvalue weighted by atomic mass is 10.00. The number of aromatic nitrogens is 1. The van der Waals surface area contributed by atoms with Gasteiger partial charge >= 0.3 is 0 Å². The maximum Gasteiger partial charge on any atom is 0.160 e. The zero-order valence-corrected chi connectivity index (χ0v) is 12.7. The molecule has 112 valence electrons. The molecule has 2 aromatic carbocycles. The molecule has 2 aromatic rings. The van der Waals surface area contributed by atoms with Crippen LogP contribution in [-0.4, -0.2) is 17.2 Å². The van der Waals surface area contributed by atoms with Gasteiger partial charge in [-0.3, -0.25) is 4.98 Å². The summed E-state index contributed by atoms with van der Waals surface area (Å²) in [6.07, 6.45) is 7.27. The zero-order valence-electron chi connectivity index (χ0n) is 12.7. The van der Waals surface area contributed by atoms with Crippen LogP contribution in [0.2, 0.25) is 0 Å². The van der Waals surface area contributed by atoms with Crippen molar-refractivity contribution in [2.75, 3.05) is 7.11 Å². The standard InChI is InChI=1S/C15H12O2.C5H3N/c1-3-11-6-4-5-7-13(11)12-8-9-15(17-2)14(16)10-12;1-2-6-5-3-4(1)5/h1,4-10,16H,2H3;1-3H. The molecule has 0 radical (unpaired) electrons. The van der Waals surface area contributed by atoms with Crippen LogP contribution in [0.15, 0.2) is 60.8 Å². The molecule has 0 spiro atoms. The van der Waals surface area contributed by atoms with Crippen molar-refractivity contribution in [1.82, 2.24) is 4.98 Å². The van der Waals surface area contributed by atoms with Crippen molar-refractivity contribution in [3.63, 3.8) is 0 Å². The number of hydrogen-bond donors (Lipinski definition) is 1. The number of benzene rings is 2. The molecular formula is C20H15NO2. The Labute approximate surface area is 135 Å². The van der Waals surface area contributed by atoms with Crippen molar-refractivity contribution in [2.24, 2.45) is 0 Å². The first-order valence-corrected chi connectivity index (χ1v) is 7.12. The lowest BCUT2D eigenvalue weighted by Crippen LogP contribution is -1.86. The summed E-state index contributed by atoms with van der Waals surface area (Å²) in [7, 11) is 1.52. The summed E-state index contributed by atoms with van der Waals surface area (Å²) in [5.74, 6) is 3.19. The number of rotatable bonds is 2. The number of phenolic OH excluding ortho intramolecular Hbond substituents is 1. The van der Waals surface area contributed by atoms with E-state index in [2.05, 4.69) is 17.0 Å². The highest BCUT2D eigenvalue weighted by molar-refractivity contribution is 5.75. The lowest BCUT2D eigenvalue weighted by Gasteiger charge is -2.08. The number of terminal acetylenes is 1. The largest absolute Gasteiger partial charge is 0.504 e. The van der Waals surface area contributed by atoms with Crippen LogP contribution in [0, 0.1) is 12.3 Å². The van der Waals surface area contributed by atoms with Crippen LogP contribution in [0.25, 0.3) is 22.4 Å². The third kappa shape index (κ3) is 3.17. The Morgan fingerprint density at radius 3 is 2.39 bits per heavy atom. The molecule has 4 rings (SSSR count). The van der Waals surface area contributed by atoms with E-state index in [-0.39, 0.29) is 5.75 Å². The molecular weight excluding hydrogens is 286 g/mol. The highest BCUT2D eigenvalue weighted by atomic mass is 16.5.